The van der Waals surface area contributed by atoms with Crippen LogP contribution in [0.25, 0.3) is 10.9 Å². The lowest BCUT2D eigenvalue weighted by molar-refractivity contribution is 0.278. The second-order valence-corrected chi connectivity index (χ2v) is 5.98. The topological polar surface area (TPSA) is 108 Å². The number of fused-ring (bicyclic) bond motifs is 1. The third-order valence-electron chi connectivity index (χ3n) is 3.01. The summed E-state index contributed by atoms with van der Waals surface area (Å²) >= 11 is 0. The van der Waals surface area contributed by atoms with Crippen molar-refractivity contribution < 1.29 is 13.5 Å². The van der Waals surface area contributed by atoms with Crippen molar-refractivity contribution >= 4 is 26.6 Å². The van der Waals surface area contributed by atoms with E-state index in [0.717, 1.165) is 0 Å². The third kappa shape index (κ3) is 2.46. The van der Waals surface area contributed by atoms with Crippen LogP contribution in [0.3, 0.4) is 0 Å². The smallest absolute Gasteiger partial charge is 0.279 e. The monoisotopic (exact) mass is 304 g/mol. The summed E-state index contributed by atoms with van der Waals surface area (Å²) < 4.78 is 27.2. The van der Waals surface area contributed by atoms with E-state index in [1.165, 1.54) is 6.20 Å². The van der Waals surface area contributed by atoms with Gasteiger partial charge < -0.3 is 5.11 Å². The number of nitrogens with one attached hydrogen (secondary N) is 2. The number of rotatable bonds is 4. The van der Waals surface area contributed by atoms with Gasteiger partial charge in [-0.1, -0.05) is 6.07 Å². The molecule has 0 aliphatic carbocycles. The highest BCUT2D eigenvalue weighted by Crippen LogP contribution is 2.24. The number of H-pyrrole nitrogens is 1. The first-order valence-corrected chi connectivity index (χ1v) is 7.60. The number of aromatic amines is 1. The quantitative estimate of drug-likeness (QED) is 0.672. The number of aliphatic hydroxyl groups is 1. The van der Waals surface area contributed by atoms with Crippen LogP contribution in [0.1, 0.15) is 5.56 Å². The molecule has 0 fully saturated rings. The van der Waals surface area contributed by atoms with Crippen LogP contribution < -0.4 is 4.72 Å². The summed E-state index contributed by atoms with van der Waals surface area (Å²) in [5.74, 6) is 0. The fourth-order valence-electron chi connectivity index (χ4n) is 2.03. The van der Waals surface area contributed by atoms with Crippen LogP contribution in [-0.4, -0.2) is 28.7 Å². The van der Waals surface area contributed by atoms with E-state index in [0.29, 0.717) is 16.6 Å². The molecule has 0 bridgehead atoms. The normalized spacial score (nSPS) is 11.7. The number of aromatic nitrogens is 3. The number of nitrogens with zero attached hydrogens (tertiary/aromatic N) is 2. The molecule has 0 atom stereocenters. The molecule has 0 spiro atoms. The van der Waals surface area contributed by atoms with Crippen LogP contribution in [0.5, 0.6) is 0 Å². The second-order valence-electron chi connectivity index (χ2n) is 4.36. The highest BCUT2D eigenvalue weighted by atomic mass is 32.2. The van der Waals surface area contributed by atoms with Crippen molar-refractivity contribution in [2.45, 2.75) is 11.6 Å². The highest BCUT2D eigenvalue weighted by molar-refractivity contribution is 7.92. The summed E-state index contributed by atoms with van der Waals surface area (Å²) in [7, 11) is -3.86. The first kappa shape index (κ1) is 13.5. The van der Waals surface area contributed by atoms with Crippen molar-refractivity contribution in [1.29, 1.82) is 0 Å². The maximum Gasteiger partial charge on any atom is 0.279 e. The van der Waals surface area contributed by atoms with Gasteiger partial charge in [0.1, 0.15) is 0 Å². The molecule has 2 heterocycles. The molecule has 1 aromatic carbocycles. The Kier molecular flexibility index (Phi) is 3.32. The predicted octanol–water partition coefficient (Wildman–Crippen LogP) is 1.25. The summed E-state index contributed by atoms with van der Waals surface area (Å²) in [4.78, 5) is 4.17. The van der Waals surface area contributed by atoms with Gasteiger partial charge in [-0.2, -0.15) is 13.5 Å². The maximum absolute atomic E-state index is 12.4. The van der Waals surface area contributed by atoms with Gasteiger partial charge in [-0.15, -0.1) is 0 Å². The lowest BCUT2D eigenvalue weighted by atomic mass is 10.2. The fourth-order valence-corrected chi connectivity index (χ4v) is 3.24. The van der Waals surface area contributed by atoms with E-state index >= 15 is 0 Å². The molecule has 0 saturated carbocycles. The zero-order chi connectivity index (χ0) is 14.9. The molecule has 3 aromatic rings. The molecular formula is C13H12N4O3S. The number of benzene rings is 1. The first-order valence-electron chi connectivity index (χ1n) is 6.11. The van der Waals surface area contributed by atoms with Crippen molar-refractivity contribution in [3.63, 3.8) is 0 Å². The Morgan fingerprint density at radius 2 is 2.10 bits per heavy atom. The van der Waals surface area contributed by atoms with Crippen molar-refractivity contribution in [3.05, 3.63) is 48.3 Å². The number of hydrogen-bond acceptors (Lipinski definition) is 5. The lowest BCUT2D eigenvalue weighted by Crippen LogP contribution is -2.15. The molecule has 0 aliphatic heterocycles. The molecule has 7 nitrogen and oxygen atoms in total. The van der Waals surface area contributed by atoms with Gasteiger partial charge in [-0.25, -0.2) is 0 Å². The second kappa shape index (κ2) is 5.15. The molecule has 8 heteroatoms. The predicted molar refractivity (Wildman–Crippen MR) is 77.1 cm³/mol. The first-order chi connectivity index (χ1) is 10.1. The standard InChI is InChI=1S/C13H12N4O3S/c18-8-9-7-15-16-13(9)21(19,20)17-12-5-1-4-11-10(12)3-2-6-14-11/h1-7,17-18H,8H2,(H,15,16). The largest absolute Gasteiger partial charge is 0.392 e. The van der Waals surface area contributed by atoms with Crippen molar-refractivity contribution in [2.24, 2.45) is 0 Å². The summed E-state index contributed by atoms with van der Waals surface area (Å²) in [5, 5.41) is 15.7. The van der Waals surface area contributed by atoms with Gasteiger partial charge in [-0.05, 0) is 24.3 Å². The fraction of sp³-hybridized carbons (Fsp3) is 0.0769. The number of sulfonamides is 1. The van der Waals surface area contributed by atoms with Crippen LogP contribution in [0.15, 0.2) is 47.8 Å². The highest BCUT2D eigenvalue weighted by Gasteiger charge is 2.21. The molecule has 2 aromatic heterocycles. The van der Waals surface area contributed by atoms with E-state index in [9.17, 15) is 8.42 Å². The number of hydrogen-bond donors (Lipinski definition) is 3. The van der Waals surface area contributed by atoms with E-state index in [1.807, 2.05) is 0 Å². The number of pyridine rings is 1. The molecule has 0 saturated heterocycles. The molecule has 0 amide bonds. The van der Waals surface area contributed by atoms with Crippen LogP contribution in [0, 0.1) is 0 Å². The van der Waals surface area contributed by atoms with Gasteiger partial charge >= 0.3 is 0 Å². The van der Waals surface area contributed by atoms with E-state index in [-0.39, 0.29) is 10.6 Å². The van der Waals surface area contributed by atoms with Crippen LogP contribution >= 0.6 is 0 Å². The summed E-state index contributed by atoms with van der Waals surface area (Å²) in [6, 6.07) is 8.67. The molecule has 108 valence electrons. The van der Waals surface area contributed by atoms with Crippen molar-refractivity contribution in [1.82, 2.24) is 15.2 Å². The van der Waals surface area contributed by atoms with Crippen molar-refractivity contribution in [2.75, 3.05) is 4.72 Å². The zero-order valence-electron chi connectivity index (χ0n) is 10.8. The Hall–Kier alpha value is -2.45. The van der Waals surface area contributed by atoms with Crippen LogP contribution in [-0.2, 0) is 16.6 Å². The van der Waals surface area contributed by atoms with Crippen LogP contribution in [0.2, 0.25) is 0 Å². The van der Waals surface area contributed by atoms with Crippen LogP contribution in [0.4, 0.5) is 5.69 Å². The Morgan fingerprint density at radius 1 is 1.24 bits per heavy atom. The maximum atomic E-state index is 12.4. The van der Waals surface area contributed by atoms with Crippen molar-refractivity contribution in [3.8, 4) is 0 Å². The Balaban J connectivity index is 2.06. The summed E-state index contributed by atoms with van der Waals surface area (Å²) in [6.45, 7) is -0.413. The van der Waals surface area contributed by atoms with Gasteiger partial charge in [0.25, 0.3) is 10.0 Å². The minimum absolute atomic E-state index is 0.147. The number of aliphatic hydroxyl groups excluding tert-OH is 1. The average Bonchev–Trinajstić information content (AvgIpc) is 2.97. The molecule has 0 unspecified atom stereocenters. The molecule has 0 radical (unpaired) electrons. The van der Waals surface area contributed by atoms with Gasteiger partial charge in [0.05, 0.1) is 24.0 Å². The Labute approximate surface area is 120 Å². The molecule has 0 aliphatic rings. The van der Waals surface area contributed by atoms with Gasteiger partial charge in [0, 0.05) is 17.1 Å². The zero-order valence-corrected chi connectivity index (χ0v) is 11.6. The van der Waals surface area contributed by atoms with E-state index in [1.54, 1.807) is 36.5 Å². The molecule has 3 N–H and O–H groups in total. The lowest BCUT2D eigenvalue weighted by Gasteiger charge is -2.10. The third-order valence-corrected chi connectivity index (χ3v) is 4.39. The SMILES string of the molecule is O=S(=O)(Nc1cccc2ncccc12)c1[nH]ncc1CO. The van der Waals surface area contributed by atoms with Gasteiger partial charge in [0.15, 0.2) is 5.03 Å². The van der Waals surface area contributed by atoms with E-state index in [2.05, 4.69) is 19.9 Å². The summed E-state index contributed by atoms with van der Waals surface area (Å²) in [6.07, 6.45) is 2.92. The molecule has 3 rings (SSSR count). The van der Waals surface area contributed by atoms with E-state index < -0.39 is 16.6 Å². The van der Waals surface area contributed by atoms with Gasteiger partial charge in [-0.3, -0.25) is 14.8 Å². The molecular weight excluding hydrogens is 292 g/mol. The Morgan fingerprint density at radius 3 is 2.90 bits per heavy atom. The van der Waals surface area contributed by atoms with E-state index in [4.69, 9.17) is 5.11 Å². The average molecular weight is 304 g/mol. The summed E-state index contributed by atoms with van der Waals surface area (Å²) in [5.41, 5.74) is 1.31. The number of anilines is 1. The minimum atomic E-state index is -3.86. The van der Waals surface area contributed by atoms with Gasteiger partial charge in [0.2, 0.25) is 0 Å². The molecule has 21 heavy (non-hydrogen) atoms. The Bertz CT molecular complexity index is 884. The minimum Gasteiger partial charge on any atom is -0.392 e.